The number of halogens is 2. The summed E-state index contributed by atoms with van der Waals surface area (Å²) in [4.78, 5) is 32.2. The van der Waals surface area contributed by atoms with E-state index in [1.807, 2.05) is 37.4 Å². The van der Waals surface area contributed by atoms with Crippen LogP contribution in [0.5, 0.6) is 0 Å². The van der Waals surface area contributed by atoms with Crippen molar-refractivity contribution in [1.29, 1.82) is 0 Å². The van der Waals surface area contributed by atoms with E-state index in [-0.39, 0.29) is 22.5 Å². The highest BCUT2D eigenvalue weighted by Crippen LogP contribution is 2.23. The van der Waals surface area contributed by atoms with Crippen LogP contribution in [0.3, 0.4) is 0 Å². The van der Waals surface area contributed by atoms with Gasteiger partial charge in [0.2, 0.25) is 5.91 Å². The number of aromatic nitrogens is 2. The number of carbonyl (C=O) groups is 1. The number of thioether (sulfide) groups is 1. The number of hydrogen-bond donors (Lipinski definition) is 1. The van der Waals surface area contributed by atoms with Crippen LogP contribution in [-0.2, 0) is 4.79 Å². The van der Waals surface area contributed by atoms with Crippen molar-refractivity contribution in [3.8, 4) is 5.69 Å². The summed E-state index contributed by atoms with van der Waals surface area (Å²) in [6, 6.07) is 19.6. The Morgan fingerprint density at radius 3 is 2.57 bits per heavy atom. The number of carbonyl (C=O) groups excluding carboxylic acids is 1. The van der Waals surface area contributed by atoms with Gasteiger partial charge in [0.25, 0.3) is 5.56 Å². The fraction of sp³-hybridized carbons (Fsp3) is 0.192. The van der Waals surface area contributed by atoms with E-state index in [9.17, 15) is 18.4 Å². The van der Waals surface area contributed by atoms with E-state index in [1.165, 1.54) is 6.07 Å². The van der Waals surface area contributed by atoms with Crippen LogP contribution in [0, 0.1) is 11.6 Å². The van der Waals surface area contributed by atoms with Gasteiger partial charge < -0.3 is 10.2 Å². The van der Waals surface area contributed by atoms with E-state index >= 15 is 0 Å². The number of anilines is 1. The van der Waals surface area contributed by atoms with Gasteiger partial charge in [0.05, 0.1) is 22.3 Å². The zero-order chi connectivity index (χ0) is 24.8. The van der Waals surface area contributed by atoms with Gasteiger partial charge in [-0.1, -0.05) is 42.1 Å². The maximum atomic E-state index is 14.6. The molecule has 3 aromatic carbocycles. The predicted octanol–water partition coefficient (Wildman–Crippen LogP) is 4.40. The van der Waals surface area contributed by atoms with Crippen LogP contribution >= 0.6 is 11.8 Å². The molecule has 0 spiro atoms. The maximum Gasteiger partial charge on any atom is 0.266 e. The maximum absolute atomic E-state index is 14.6. The monoisotopic (exact) mass is 494 g/mol. The summed E-state index contributed by atoms with van der Waals surface area (Å²) in [5.74, 6) is -1.88. The molecule has 1 N–H and O–H groups in total. The van der Waals surface area contributed by atoms with E-state index in [2.05, 4.69) is 15.2 Å². The lowest BCUT2D eigenvalue weighted by Gasteiger charge is -2.19. The normalized spacial score (nSPS) is 10.9. The zero-order valence-electron chi connectivity index (χ0n) is 19.1. The molecule has 9 heteroatoms. The van der Waals surface area contributed by atoms with Crippen molar-refractivity contribution in [3.63, 3.8) is 0 Å². The highest BCUT2D eigenvalue weighted by atomic mass is 32.2. The molecule has 0 bridgehead atoms. The van der Waals surface area contributed by atoms with Gasteiger partial charge in [0.1, 0.15) is 11.6 Å². The molecule has 0 aliphatic carbocycles. The second kappa shape index (κ2) is 11.1. The summed E-state index contributed by atoms with van der Waals surface area (Å²) in [7, 11) is 1.99. The first-order chi connectivity index (χ1) is 16.9. The molecule has 1 amide bonds. The number of benzene rings is 3. The fourth-order valence-electron chi connectivity index (χ4n) is 3.62. The van der Waals surface area contributed by atoms with Gasteiger partial charge in [0.15, 0.2) is 5.16 Å². The standard InChI is InChI=1S/C26H24F2N4O2S/c1-31(19-8-3-2-4-9-19)15-7-14-29-24(33)17-35-26-30-22-11-6-5-10-20(22)25(34)32(26)23-13-12-18(27)16-21(23)28/h2-6,8-13,16H,7,14-15,17H2,1H3,(H,29,33). The first-order valence-corrected chi connectivity index (χ1v) is 12.1. The number of hydrogen-bond acceptors (Lipinski definition) is 5. The van der Waals surface area contributed by atoms with Crippen molar-refractivity contribution in [3.05, 3.63) is 94.8 Å². The molecule has 0 aliphatic rings. The molecule has 4 aromatic rings. The minimum absolute atomic E-state index is 0.0118. The van der Waals surface area contributed by atoms with Gasteiger partial charge in [-0.25, -0.2) is 13.8 Å². The summed E-state index contributed by atoms with van der Waals surface area (Å²) >= 11 is 1.02. The molecule has 180 valence electrons. The summed E-state index contributed by atoms with van der Waals surface area (Å²) < 4.78 is 29.1. The quantitative estimate of drug-likeness (QED) is 0.212. The van der Waals surface area contributed by atoms with E-state index in [0.29, 0.717) is 23.5 Å². The lowest BCUT2D eigenvalue weighted by Crippen LogP contribution is -2.30. The molecule has 0 saturated carbocycles. The van der Waals surface area contributed by atoms with Crippen molar-refractivity contribution >= 4 is 34.3 Å². The van der Waals surface area contributed by atoms with Crippen LogP contribution in [0.1, 0.15) is 6.42 Å². The number of rotatable bonds is 9. The molecule has 0 unspecified atom stereocenters. The number of fused-ring (bicyclic) bond motifs is 1. The van der Waals surface area contributed by atoms with Gasteiger partial charge in [-0.2, -0.15) is 0 Å². The lowest BCUT2D eigenvalue weighted by molar-refractivity contribution is -0.118. The highest BCUT2D eigenvalue weighted by Gasteiger charge is 2.17. The molecular weight excluding hydrogens is 470 g/mol. The zero-order valence-corrected chi connectivity index (χ0v) is 19.9. The number of nitrogens with zero attached hydrogens (tertiary/aromatic N) is 3. The third-order valence-corrected chi connectivity index (χ3v) is 6.36. The molecule has 0 atom stereocenters. The predicted molar refractivity (Wildman–Crippen MR) is 135 cm³/mol. The smallest absolute Gasteiger partial charge is 0.266 e. The van der Waals surface area contributed by atoms with E-state index < -0.39 is 17.2 Å². The Bertz CT molecular complexity index is 1400. The van der Waals surface area contributed by atoms with Crippen molar-refractivity contribution < 1.29 is 13.6 Å². The molecular formula is C26H24F2N4O2S. The number of amides is 1. The Labute approximate surface area is 205 Å². The Morgan fingerprint density at radius 2 is 1.80 bits per heavy atom. The summed E-state index contributed by atoms with van der Waals surface area (Å²) in [5, 5.41) is 3.31. The van der Waals surface area contributed by atoms with Gasteiger partial charge in [-0.05, 0) is 42.8 Å². The fourth-order valence-corrected chi connectivity index (χ4v) is 4.46. The van der Waals surface area contributed by atoms with Crippen molar-refractivity contribution in [2.24, 2.45) is 0 Å². The first kappa shape index (κ1) is 24.4. The third kappa shape index (κ3) is 5.86. The van der Waals surface area contributed by atoms with Crippen LogP contribution in [0.15, 0.2) is 82.7 Å². The highest BCUT2D eigenvalue weighted by molar-refractivity contribution is 7.99. The van der Waals surface area contributed by atoms with Crippen LogP contribution in [0.25, 0.3) is 16.6 Å². The van der Waals surface area contributed by atoms with Crippen LogP contribution in [0.2, 0.25) is 0 Å². The summed E-state index contributed by atoms with van der Waals surface area (Å²) in [6.07, 6.45) is 0.752. The van der Waals surface area contributed by atoms with Crippen molar-refractivity contribution in [2.45, 2.75) is 11.6 Å². The average Bonchev–Trinajstić information content (AvgIpc) is 2.86. The second-order valence-corrected chi connectivity index (χ2v) is 8.84. The molecule has 6 nitrogen and oxygen atoms in total. The van der Waals surface area contributed by atoms with Crippen LogP contribution < -0.4 is 15.8 Å². The first-order valence-electron chi connectivity index (χ1n) is 11.1. The largest absolute Gasteiger partial charge is 0.375 e. The molecule has 1 heterocycles. The molecule has 0 aliphatic heterocycles. The lowest BCUT2D eigenvalue weighted by atomic mass is 10.2. The third-order valence-electron chi connectivity index (χ3n) is 5.42. The summed E-state index contributed by atoms with van der Waals surface area (Å²) in [6.45, 7) is 1.26. The molecule has 35 heavy (non-hydrogen) atoms. The number of para-hydroxylation sites is 2. The van der Waals surface area contributed by atoms with Gasteiger partial charge in [0, 0.05) is 31.9 Å². The number of nitrogens with one attached hydrogen (secondary N) is 1. The molecule has 4 rings (SSSR count). The summed E-state index contributed by atoms with van der Waals surface area (Å²) in [5.41, 5.74) is 0.917. The Balaban J connectivity index is 1.45. The van der Waals surface area contributed by atoms with E-state index in [0.717, 1.165) is 41.0 Å². The van der Waals surface area contributed by atoms with E-state index in [4.69, 9.17) is 0 Å². The molecule has 1 aromatic heterocycles. The molecule has 0 radical (unpaired) electrons. The topological polar surface area (TPSA) is 67.2 Å². The second-order valence-electron chi connectivity index (χ2n) is 7.90. The van der Waals surface area contributed by atoms with Gasteiger partial charge in [-0.3, -0.25) is 14.2 Å². The van der Waals surface area contributed by atoms with Crippen molar-refractivity contribution in [2.75, 3.05) is 30.8 Å². The van der Waals surface area contributed by atoms with Crippen LogP contribution in [0.4, 0.5) is 14.5 Å². The van der Waals surface area contributed by atoms with Gasteiger partial charge in [-0.15, -0.1) is 0 Å². The SMILES string of the molecule is CN(CCCNC(=O)CSc1nc2ccccc2c(=O)n1-c1ccc(F)cc1F)c1ccccc1. The molecule has 0 saturated heterocycles. The Hall–Kier alpha value is -3.72. The molecule has 0 fully saturated rings. The minimum Gasteiger partial charge on any atom is -0.375 e. The van der Waals surface area contributed by atoms with Crippen LogP contribution in [-0.4, -0.2) is 41.3 Å². The Kier molecular flexibility index (Phi) is 7.77. The Morgan fingerprint density at radius 1 is 1.06 bits per heavy atom. The van der Waals surface area contributed by atoms with Gasteiger partial charge >= 0.3 is 0 Å². The average molecular weight is 495 g/mol. The van der Waals surface area contributed by atoms with E-state index in [1.54, 1.807) is 24.3 Å². The minimum atomic E-state index is -0.891. The van der Waals surface area contributed by atoms with Crippen molar-refractivity contribution in [1.82, 2.24) is 14.9 Å².